The first-order valence-electron chi connectivity index (χ1n) is 12.2. The van der Waals surface area contributed by atoms with E-state index in [1.807, 2.05) is 37.3 Å². The summed E-state index contributed by atoms with van der Waals surface area (Å²) >= 11 is 0. The molecule has 9 nitrogen and oxygen atoms in total. The summed E-state index contributed by atoms with van der Waals surface area (Å²) in [7, 11) is 1.55. The number of methoxy groups -OCH3 is 1. The average Bonchev–Trinajstić information content (AvgIpc) is 3.28. The lowest BCUT2D eigenvalue weighted by Crippen LogP contribution is -2.12. The van der Waals surface area contributed by atoms with Crippen LogP contribution in [0.3, 0.4) is 0 Å². The fourth-order valence-electron chi connectivity index (χ4n) is 4.57. The van der Waals surface area contributed by atoms with Crippen molar-refractivity contribution < 1.29 is 19.4 Å². The molecule has 5 N–H and O–H groups in total. The van der Waals surface area contributed by atoms with Gasteiger partial charge in [0, 0.05) is 16.8 Å². The standard InChI is InChI=1S/C29H27N5O4/c1-16-11-24(25(38-2)13-17(16)9-10-30)33-34-27-21-6-4-3-5-18(21)12-22(28(27)36)29(37)31-20-8-7-19-14-26(35)32-23(19)15-20/h3-8,11-13,15,36H,9-10,14,30H2,1-2H3,(H,31,37)(H,32,35)/b34-33+. The van der Waals surface area contributed by atoms with Crippen molar-refractivity contribution in [3.05, 3.63) is 82.9 Å². The summed E-state index contributed by atoms with van der Waals surface area (Å²) in [6, 6.07) is 17.9. The van der Waals surface area contributed by atoms with E-state index in [4.69, 9.17) is 10.5 Å². The predicted molar refractivity (Wildman–Crippen MR) is 147 cm³/mol. The number of hydrogen-bond acceptors (Lipinski definition) is 7. The number of benzene rings is 4. The quantitative estimate of drug-likeness (QED) is 0.243. The summed E-state index contributed by atoms with van der Waals surface area (Å²) in [5.74, 6) is -0.376. The number of anilines is 2. The molecule has 4 aromatic rings. The number of aryl methyl sites for hydroxylation is 1. The number of nitrogens with zero attached hydrogens (tertiary/aromatic N) is 2. The molecule has 9 heteroatoms. The van der Waals surface area contributed by atoms with Gasteiger partial charge in [0.15, 0.2) is 5.75 Å². The van der Waals surface area contributed by atoms with E-state index in [2.05, 4.69) is 20.9 Å². The summed E-state index contributed by atoms with van der Waals surface area (Å²) in [5.41, 5.74) is 10.5. The first-order valence-corrected chi connectivity index (χ1v) is 12.2. The fraction of sp³-hybridized carbons (Fsp3) is 0.172. The number of aromatic hydroxyl groups is 1. The Morgan fingerprint density at radius 2 is 1.95 bits per heavy atom. The van der Waals surface area contributed by atoms with E-state index in [0.717, 1.165) is 16.7 Å². The van der Waals surface area contributed by atoms with E-state index in [1.165, 1.54) is 0 Å². The molecule has 1 aliphatic heterocycles. The van der Waals surface area contributed by atoms with Crippen molar-refractivity contribution in [1.82, 2.24) is 0 Å². The van der Waals surface area contributed by atoms with Gasteiger partial charge in [-0.1, -0.05) is 30.3 Å². The molecule has 4 aromatic carbocycles. The number of carbonyl (C=O) groups is 2. The summed E-state index contributed by atoms with van der Waals surface area (Å²) in [6.07, 6.45) is 1.02. The van der Waals surface area contributed by atoms with Gasteiger partial charge >= 0.3 is 0 Å². The molecule has 0 saturated carbocycles. The van der Waals surface area contributed by atoms with Gasteiger partial charge in [0.2, 0.25) is 5.91 Å². The summed E-state index contributed by atoms with van der Waals surface area (Å²) in [6.45, 7) is 2.48. The Kier molecular flexibility index (Phi) is 6.76. The van der Waals surface area contributed by atoms with Crippen molar-refractivity contribution in [1.29, 1.82) is 0 Å². The first kappa shape index (κ1) is 24.9. The van der Waals surface area contributed by atoms with Gasteiger partial charge in [-0.2, -0.15) is 0 Å². The molecule has 0 saturated heterocycles. The van der Waals surface area contributed by atoms with Gasteiger partial charge in [0.25, 0.3) is 5.91 Å². The van der Waals surface area contributed by atoms with Crippen molar-refractivity contribution >= 4 is 45.3 Å². The SMILES string of the molecule is COc1cc(CCN)c(C)cc1/N=N/c1c(O)c(C(=O)Nc2ccc3c(c2)NC(=O)C3)cc2ccccc12. The number of nitrogens with two attached hydrogens (primary N) is 1. The molecule has 192 valence electrons. The lowest BCUT2D eigenvalue weighted by atomic mass is 10.0. The van der Waals surface area contributed by atoms with E-state index in [0.29, 0.717) is 53.0 Å². The van der Waals surface area contributed by atoms with E-state index >= 15 is 0 Å². The minimum Gasteiger partial charge on any atom is -0.505 e. The Balaban J connectivity index is 1.52. The van der Waals surface area contributed by atoms with Crippen LogP contribution in [0, 0.1) is 6.92 Å². The molecule has 0 spiro atoms. The number of carbonyl (C=O) groups excluding carboxylic acids is 2. The van der Waals surface area contributed by atoms with Gasteiger partial charge < -0.3 is 26.2 Å². The molecular formula is C29H27N5O4. The van der Waals surface area contributed by atoms with Gasteiger partial charge in [-0.05, 0) is 72.3 Å². The number of hydrogen-bond donors (Lipinski definition) is 4. The Bertz CT molecular complexity index is 1610. The molecule has 0 aliphatic carbocycles. The van der Waals surface area contributed by atoms with Crippen LogP contribution in [0.25, 0.3) is 10.8 Å². The van der Waals surface area contributed by atoms with Gasteiger partial charge in [0.1, 0.15) is 17.1 Å². The number of nitrogens with one attached hydrogen (secondary N) is 2. The van der Waals surface area contributed by atoms with Crippen molar-refractivity contribution in [2.24, 2.45) is 16.0 Å². The number of phenolic OH excluding ortho intramolecular Hbond substituents is 1. The van der Waals surface area contributed by atoms with Crippen LogP contribution in [-0.2, 0) is 17.6 Å². The van der Waals surface area contributed by atoms with Crippen molar-refractivity contribution in [3.63, 3.8) is 0 Å². The largest absolute Gasteiger partial charge is 0.505 e. The van der Waals surface area contributed by atoms with Gasteiger partial charge in [-0.15, -0.1) is 10.2 Å². The first-order chi connectivity index (χ1) is 18.4. The minimum atomic E-state index is -0.520. The Morgan fingerprint density at radius 3 is 2.74 bits per heavy atom. The van der Waals surface area contributed by atoms with Crippen LogP contribution in [0.2, 0.25) is 0 Å². The number of ether oxygens (including phenoxy) is 1. The highest BCUT2D eigenvalue weighted by atomic mass is 16.5. The summed E-state index contributed by atoms with van der Waals surface area (Å²) < 4.78 is 5.51. The zero-order valence-electron chi connectivity index (χ0n) is 21.0. The van der Waals surface area contributed by atoms with Crippen LogP contribution >= 0.6 is 0 Å². The molecule has 0 bridgehead atoms. The summed E-state index contributed by atoms with van der Waals surface area (Å²) in [4.78, 5) is 24.9. The molecule has 2 amide bonds. The second-order valence-corrected chi connectivity index (χ2v) is 9.08. The Morgan fingerprint density at radius 1 is 1.13 bits per heavy atom. The third-order valence-electron chi connectivity index (χ3n) is 6.54. The van der Waals surface area contributed by atoms with E-state index in [9.17, 15) is 14.7 Å². The third kappa shape index (κ3) is 4.79. The second-order valence-electron chi connectivity index (χ2n) is 9.08. The molecule has 38 heavy (non-hydrogen) atoms. The van der Waals surface area contributed by atoms with Crippen LogP contribution in [0.15, 0.2) is 70.9 Å². The van der Waals surface area contributed by atoms with Crippen LogP contribution in [0.5, 0.6) is 11.5 Å². The van der Waals surface area contributed by atoms with Crippen molar-refractivity contribution in [3.8, 4) is 11.5 Å². The third-order valence-corrected chi connectivity index (χ3v) is 6.54. The maximum absolute atomic E-state index is 13.3. The van der Waals surface area contributed by atoms with Crippen LogP contribution < -0.4 is 21.1 Å². The number of amides is 2. The molecule has 0 fully saturated rings. The molecule has 1 aliphatic rings. The minimum absolute atomic E-state index is 0.0450. The molecule has 0 aromatic heterocycles. The lowest BCUT2D eigenvalue weighted by molar-refractivity contribution is -0.115. The predicted octanol–water partition coefficient (Wildman–Crippen LogP) is 5.53. The van der Waals surface area contributed by atoms with Gasteiger partial charge in [0.05, 0.1) is 19.1 Å². The van der Waals surface area contributed by atoms with Crippen LogP contribution in [0.4, 0.5) is 22.7 Å². The van der Waals surface area contributed by atoms with E-state index < -0.39 is 5.91 Å². The van der Waals surface area contributed by atoms with E-state index in [-0.39, 0.29) is 22.9 Å². The molecular weight excluding hydrogens is 482 g/mol. The number of fused-ring (bicyclic) bond motifs is 2. The maximum atomic E-state index is 13.3. The Hall–Kier alpha value is -4.76. The number of azo groups is 1. The normalized spacial score (nSPS) is 12.6. The zero-order valence-corrected chi connectivity index (χ0v) is 21.0. The topological polar surface area (TPSA) is 138 Å². The molecule has 5 rings (SSSR count). The summed E-state index contributed by atoms with van der Waals surface area (Å²) in [5, 5.41) is 26.9. The maximum Gasteiger partial charge on any atom is 0.259 e. The zero-order chi connectivity index (χ0) is 26.8. The van der Waals surface area contributed by atoms with Gasteiger partial charge in [-0.25, -0.2) is 0 Å². The van der Waals surface area contributed by atoms with Crippen LogP contribution in [0.1, 0.15) is 27.0 Å². The highest BCUT2D eigenvalue weighted by molar-refractivity contribution is 6.12. The smallest absolute Gasteiger partial charge is 0.259 e. The van der Waals surface area contributed by atoms with Crippen molar-refractivity contribution in [2.45, 2.75) is 19.8 Å². The molecule has 0 radical (unpaired) electrons. The molecule has 0 atom stereocenters. The Labute approximate surface area is 219 Å². The fourth-order valence-corrected chi connectivity index (χ4v) is 4.57. The van der Waals surface area contributed by atoms with E-state index in [1.54, 1.807) is 37.4 Å². The number of rotatable bonds is 7. The second kappa shape index (κ2) is 10.3. The average molecular weight is 510 g/mol. The lowest BCUT2D eigenvalue weighted by Gasteiger charge is -2.12. The highest BCUT2D eigenvalue weighted by Gasteiger charge is 2.21. The number of phenols is 1. The van der Waals surface area contributed by atoms with Crippen molar-refractivity contribution in [2.75, 3.05) is 24.3 Å². The molecule has 0 unspecified atom stereocenters. The monoisotopic (exact) mass is 509 g/mol. The molecule has 1 heterocycles. The highest BCUT2D eigenvalue weighted by Crippen LogP contribution is 2.41. The van der Waals surface area contributed by atoms with Gasteiger partial charge in [-0.3, -0.25) is 9.59 Å². The van der Waals surface area contributed by atoms with Crippen LogP contribution in [-0.4, -0.2) is 30.6 Å².